The van der Waals surface area contributed by atoms with Gasteiger partial charge in [-0.15, -0.1) is 0 Å². The first-order valence-corrected chi connectivity index (χ1v) is 7.34. The Labute approximate surface area is 130 Å². The molecule has 4 heteroatoms. The fraction of sp³-hybridized carbons (Fsp3) is 0.0625. The molecule has 0 saturated carbocycles. The number of hydrogen-bond acceptors (Lipinski definition) is 1. The maximum atomic E-state index is 12.3. The molecule has 100 valence electrons. The van der Waals surface area contributed by atoms with Gasteiger partial charge in [-0.1, -0.05) is 45.7 Å². The van der Waals surface area contributed by atoms with E-state index in [2.05, 4.69) is 15.9 Å². The summed E-state index contributed by atoms with van der Waals surface area (Å²) in [6, 6.07) is 15.0. The molecule has 0 amide bonds. The first kappa shape index (κ1) is 13.4. The largest absolute Gasteiger partial charge is 0.340 e. The predicted octanol–water partition coefficient (Wildman–Crippen LogP) is 4.94. The number of fused-ring (bicyclic) bond motifs is 1. The number of nitrogens with zero attached hydrogens (tertiary/aromatic N) is 1. The SMILES string of the molecule is O=C(Cn1ccc2c(Cl)cccc21)c1ccc(Br)cc1. The second-order valence-corrected chi connectivity index (χ2v) is 5.87. The van der Waals surface area contributed by atoms with Crippen LogP contribution in [0.2, 0.25) is 5.02 Å². The highest BCUT2D eigenvalue weighted by atomic mass is 79.9. The van der Waals surface area contributed by atoms with Gasteiger partial charge in [0.1, 0.15) is 0 Å². The number of benzene rings is 2. The molecule has 0 radical (unpaired) electrons. The fourth-order valence-electron chi connectivity index (χ4n) is 2.21. The number of carbonyl (C=O) groups is 1. The Kier molecular flexibility index (Phi) is 3.64. The number of hydrogen-bond donors (Lipinski definition) is 0. The van der Waals surface area contributed by atoms with E-state index in [1.165, 1.54) is 0 Å². The summed E-state index contributed by atoms with van der Waals surface area (Å²) in [6.45, 7) is 0.311. The van der Waals surface area contributed by atoms with Crippen LogP contribution < -0.4 is 0 Å². The zero-order valence-electron chi connectivity index (χ0n) is 10.5. The Balaban J connectivity index is 1.91. The lowest BCUT2D eigenvalue weighted by atomic mass is 10.1. The molecule has 1 aromatic heterocycles. The van der Waals surface area contributed by atoms with Crippen LogP contribution in [-0.2, 0) is 6.54 Å². The van der Waals surface area contributed by atoms with E-state index in [0.29, 0.717) is 17.1 Å². The molecular formula is C16H11BrClNO. The molecule has 2 aromatic carbocycles. The van der Waals surface area contributed by atoms with Gasteiger partial charge >= 0.3 is 0 Å². The second kappa shape index (κ2) is 5.43. The van der Waals surface area contributed by atoms with Crippen LogP contribution in [0.15, 0.2) is 59.2 Å². The minimum Gasteiger partial charge on any atom is -0.340 e. The molecule has 0 N–H and O–H groups in total. The van der Waals surface area contributed by atoms with Crippen molar-refractivity contribution in [3.8, 4) is 0 Å². The highest BCUT2D eigenvalue weighted by Crippen LogP contribution is 2.24. The van der Waals surface area contributed by atoms with E-state index in [9.17, 15) is 4.79 Å². The lowest BCUT2D eigenvalue weighted by Gasteiger charge is -2.05. The maximum absolute atomic E-state index is 12.3. The summed E-state index contributed by atoms with van der Waals surface area (Å²) >= 11 is 9.50. The van der Waals surface area contributed by atoms with Gasteiger partial charge in [0, 0.05) is 32.2 Å². The Morgan fingerprint density at radius 1 is 1.10 bits per heavy atom. The molecule has 3 aromatic rings. The second-order valence-electron chi connectivity index (χ2n) is 4.55. The van der Waals surface area contributed by atoms with E-state index >= 15 is 0 Å². The maximum Gasteiger partial charge on any atom is 0.182 e. The van der Waals surface area contributed by atoms with Crippen molar-refractivity contribution in [3.63, 3.8) is 0 Å². The Morgan fingerprint density at radius 3 is 2.60 bits per heavy atom. The molecule has 0 atom stereocenters. The van der Waals surface area contributed by atoms with Crippen LogP contribution >= 0.6 is 27.5 Å². The van der Waals surface area contributed by atoms with E-state index in [1.807, 2.05) is 59.3 Å². The first-order chi connectivity index (χ1) is 9.65. The summed E-state index contributed by atoms with van der Waals surface area (Å²) in [7, 11) is 0. The summed E-state index contributed by atoms with van der Waals surface area (Å²) in [5, 5.41) is 1.68. The van der Waals surface area contributed by atoms with Crippen molar-refractivity contribution in [2.24, 2.45) is 0 Å². The Bertz CT molecular complexity index is 777. The van der Waals surface area contributed by atoms with Crippen LogP contribution in [0.1, 0.15) is 10.4 Å². The number of rotatable bonds is 3. The van der Waals surface area contributed by atoms with Crippen LogP contribution in [-0.4, -0.2) is 10.4 Å². The van der Waals surface area contributed by atoms with Crippen molar-refractivity contribution in [3.05, 3.63) is 69.8 Å². The van der Waals surface area contributed by atoms with Crippen molar-refractivity contribution in [2.75, 3.05) is 0 Å². The molecule has 1 heterocycles. The third-order valence-corrected chi connectivity index (χ3v) is 4.10. The van der Waals surface area contributed by atoms with Gasteiger partial charge in [0.05, 0.1) is 6.54 Å². The van der Waals surface area contributed by atoms with E-state index in [1.54, 1.807) is 0 Å². The van der Waals surface area contributed by atoms with Crippen LogP contribution in [0.25, 0.3) is 10.9 Å². The highest BCUT2D eigenvalue weighted by Gasteiger charge is 2.09. The normalized spacial score (nSPS) is 10.9. The summed E-state index contributed by atoms with van der Waals surface area (Å²) in [5.41, 5.74) is 1.68. The molecule has 0 aliphatic rings. The van der Waals surface area contributed by atoms with Gasteiger partial charge in [0.2, 0.25) is 0 Å². The molecule has 2 nitrogen and oxygen atoms in total. The molecule has 0 aliphatic carbocycles. The minimum absolute atomic E-state index is 0.0787. The molecule has 0 unspecified atom stereocenters. The average Bonchev–Trinajstić information content (AvgIpc) is 2.84. The van der Waals surface area contributed by atoms with Gasteiger partial charge in [-0.2, -0.15) is 0 Å². The number of ketones is 1. The van der Waals surface area contributed by atoms with Crippen LogP contribution in [0.5, 0.6) is 0 Å². The van der Waals surface area contributed by atoms with E-state index in [0.717, 1.165) is 15.4 Å². The molecule has 20 heavy (non-hydrogen) atoms. The van der Waals surface area contributed by atoms with Crippen LogP contribution in [0.3, 0.4) is 0 Å². The molecule has 3 rings (SSSR count). The van der Waals surface area contributed by atoms with Crippen molar-refractivity contribution in [2.45, 2.75) is 6.54 Å². The Hall–Kier alpha value is -1.58. The van der Waals surface area contributed by atoms with E-state index in [-0.39, 0.29) is 5.78 Å². The van der Waals surface area contributed by atoms with Gasteiger partial charge in [-0.05, 0) is 30.3 Å². The van der Waals surface area contributed by atoms with E-state index in [4.69, 9.17) is 11.6 Å². The van der Waals surface area contributed by atoms with Crippen molar-refractivity contribution in [1.29, 1.82) is 0 Å². The fourth-order valence-corrected chi connectivity index (χ4v) is 2.70. The van der Waals surface area contributed by atoms with Crippen molar-refractivity contribution < 1.29 is 4.79 Å². The standard InChI is InChI=1S/C16H11BrClNO/c17-12-6-4-11(5-7-12)16(20)10-19-9-8-13-14(18)2-1-3-15(13)19/h1-9H,10H2. The molecule has 0 fully saturated rings. The van der Waals surface area contributed by atoms with Gasteiger partial charge in [0.25, 0.3) is 0 Å². The molecule has 0 aliphatic heterocycles. The van der Waals surface area contributed by atoms with Crippen LogP contribution in [0.4, 0.5) is 0 Å². The lowest BCUT2D eigenvalue weighted by molar-refractivity contribution is 0.0973. The average molecular weight is 349 g/mol. The van der Waals surface area contributed by atoms with E-state index < -0.39 is 0 Å². The topological polar surface area (TPSA) is 22.0 Å². The van der Waals surface area contributed by atoms with Gasteiger partial charge in [-0.25, -0.2) is 0 Å². The summed E-state index contributed by atoms with van der Waals surface area (Å²) in [6.07, 6.45) is 1.90. The van der Waals surface area contributed by atoms with Crippen LogP contribution in [0, 0.1) is 0 Å². The monoisotopic (exact) mass is 347 g/mol. The zero-order chi connectivity index (χ0) is 14.1. The van der Waals surface area contributed by atoms with Gasteiger partial charge < -0.3 is 4.57 Å². The minimum atomic E-state index is 0.0787. The summed E-state index contributed by atoms with van der Waals surface area (Å²) < 4.78 is 2.89. The third kappa shape index (κ3) is 2.51. The summed E-state index contributed by atoms with van der Waals surface area (Å²) in [5.74, 6) is 0.0787. The number of Topliss-reactive ketones (excluding diaryl/α,β-unsaturated/α-hetero) is 1. The Morgan fingerprint density at radius 2 is 1.85 bits per heavy atom. The highest BCUT2D eigenvalue weighted by molar-refractivity contribution is 9.10. The molecule has 0 spiro atoms. The first-order valence-electron chi connectivity index (χ1n) is 6.17. The summed E-state index contributed by atoms with van der Waals surface area (Å²) in [4.78, 5) is 12.3. The zero-order valence-corrected chi connectivity index (χ0v) is 12.9. The van der Waals surface area contributed by atoms with Crippen molar-refractivity contribution >= 4 is 44.2 Å². The number of aromatic nitrogens is 1. The predicted molar refractivity (Wildman–Crippen MR) is 85.4 cm³/mol. The molecule has 0 bridgehead atoms. The lowest BCUT2D eigenvalue weighted by Crippen LogP contribution is -2.09. The van der Waals surface area contributed by atoms with Crippen molar-refractivity contribution in [1.82, 2.24) is 4.57 Å². The molecular weight excluding hydrogens is 338 g/mol. The van der Waals surface area contributed by atoms with Gasteiger partial charge in [0.15, 0.2) is 5.78 Å². The number of halogens is 2. The third-order valence-electron chi connectivity index (χ3n) is 3.24. The van der Waals surface area contributed by atoms with Gasteiger partial charge in [-0.3, -0.25) is 4.79 Å². The molecule has 0 saturated heterocycles. The number of carbonyl (C=O) groups excluding carboxylic acids is 1. The quantitative estimate of drug-likeness (QED) is 0.614. The smallest absolute Gasteiger partial charge is 0.182 e.